The van der Waals surface area contributed by atoms with Gasteiger partial charge in [-0.15, -0.1) is 0 Å². The summed E-state index contributed by atoms with van der Waals surface area (Å²) in [7, 11) is 0. The molecule has 0 heterocycles. The van der Waals surface area contributed by atoms with Gasteiger partial charge in [0.25, 0.3) is 0 Å². The van der Waals surface area contributed by atoms with Crippen molar-refractivity contribution in [3.05, 3.63) is 35.6 Å². The van der Waals surface area contributed by atoms with Gasteiger partial charge in [-0.1, -0.05) is 70.4 Å². The molecular weight excluding hydrogens is 396 g/mol. The van der Waals surface area contributed by atoms with Gasteiger partial charge in [-0.05, 0) is 89.4 Å². The van der Waals surface area contributed by atoms with Gasteiger partial charge in [-0.3, -0.25) is 0 Å². The van der Waals surface area contributed by atoms with Gasteiger partial charge < -0.3 is 15.3 Å². The van der Waals surface area contributed by atoms with Crippen LogP contribution in [-0.4, -0.2) is 27.0 Å². The summed E-state index contributed by atoms with van der Waals surface area (Å²) in [4.78, 5) is 0. The molecule has 186 valence electrons. The molecule has 1 aliphatic rings. The van der Waals surface area contributed by atoms with E-state index in [0.29, 0.717) is 23.5 Å². The number of aliphatic hydroxyl groups excluding tert-OH is 2. The molecule has 0 aliphatic heterocycles. The molecule has 0 amide bonds. The Kier molecular flexibility index (Phi) is 12.9. The highest BCUT2D eigenvalue weighted by Gasteiger charge is 2.27. The summed E-state index contributed by atoms with van der Waals surface area (Å²) in [5.74, 6) is 2.00. The van der Waals surface area contributed by atoms with Crippen LogP contribution in [0.1, 0.15) is 112 Å². The van der Waals surface area contributed by atoms with Crippen LogP contribution in [0.4, 0.5) is 0 Å². The van der Waals surface area contributed by atoms with Crippen molar-refractivity contribution in [2.45, 2.75) is 124 Å². The third kappa shape index (κ3) is 11.7. The minimum absolute atomic E-state index is 0.193. The molecule has 0 radical (unpaired) electrons. The molecule has 0 aromatic rings. The molecule has 0 fully saturated rings. The Morgan fingerprint density at radius 1 is 1.19 bits per heavy atom. The Bertz CT molecular complexity index is 616. The number of rotatable bonds is 15. The Hall–Kier alpha value is -1.06. The van der Waals surface area contributed by atoms with Crippen molar-refractivity contribution in [3.63, 3.8) is 0 Å². The standard InChI is InChI=1S/C29H52O3/c1-21(13-9-15-23(3)26(6)30)11-8-12-22(2)14-10-17-29(7,32)18-16-27-19-24(4)25(5)28(31)20-27/h11,20,22-25,28,30-32H,6,8-10,12-19H2,1-5,7H3/b21-11+. The summed E-state index contributed by atoms with van der Waals surface area (Å²) in [5.41, 5.74) is 2.14. The van der Waals surface area contributed by atoms with Crippen LogP contribution in [-0.2, 0) is 0 Å². The third-order valence-electron chi connectivity index (χ3n) is 7.75. The summed E-state index contributed by atoms with van der Waals surface area (Å²) in [6.07, 6.45) is 15.4. The highest BCUT2D eigenvalue weighted by atomic mass is 16.3. The van der Waals surface area contributed by atoms with Crippen LogP contribution >= 0.6 is 0 Å². The van der Waals surface area contributed by atoms with Gasteiger partial charge in [0.05, 0.1) is 17.5 Å². The zero-order chi connectivity index (χ0) is 24.3. The maximum atomic E-state index is 10.8. The van der Waals surface area contributed by atoms with E-state index in [2.05, 4.69) is 40.3 Å². The average molecular weight is 449 g/mol. The fraction of sp³-hybridized carbons (Fsp3) is 0.793. The third-order valence-corrected chi connectivity index (χ3v) is 7.75. The number of hydrogen-bond acceptors (Lipinski definition) is 3. The fourth-order valence-corrected chi connectivity index (χ4v) is 4.68. The minimum Gasteiger partial charge on any atom is -0.513 e. The van der Waals surface area contributed by atoms with Crippen molar-refractivity contribution >= 4 is 0 Å². The lowest BCUT2D eigenvalue weighted by molar-refractivity contribution is 0.0373. The van der Waals surface area contributed by atoms with Crippen LogP contribution < -0.4 is 0 Å². The van der Waals surface area contributed by atoms with Crippen molar-refractivity contribution in [1.82, 2.24) is 0 Å². The molecule has 3 nitrogen and oxygen atoms in total. The summed E-state index contributed by atoms with van der Waals surface area (Å²) in [5, 5.41) is 30.4. The van der Waals surface area contributed by atoms with Crippen LogP contribution in [0.2, 0.25) is 0 Å². The second kappa shape index (κ2) is 14.3. The molecular formula is C29H52O3. The Labute approximate surface area is 198 Å². The predicted octanol–water partition coefficient (Wildman–Crippen LogP) is 7.89. The summed E-state index contributed by atoms with van der Waals surface area (Å²) >= 11 is 0. The fourth-order valence-electron chi connectivity index (χ4n) is 4.68. The topological polar surface area (TPSA) is 60.7 Å². The molecule has 32 heavy (non-hydrogen) atoms. The van der Waals surface area contributed by atoms with E-state index in [0.717, 1.165) is 64.2 Å². The van der Waals surface area contributed by atoms with Crippen LogP contribution in [0.3, 0.4) is 0 Å². The lowest BCUT2D eigenvalue weighted by atomic mass is 9.78. The number of hydrogen-bond donors (Lipinski definition) is 3. The van der Waals surface area contributed by atoms with Crippen molar-refractivity contribution in [1.29, 1.82) is 0 Å². The molecule has 0 aromatic carbocycles. The van der Waals surface area contributed by atoms with Crippen molar-refractivity contribution < 1.29 is 15.3 Å². The lowest BCUT2D eigenvalue weighted by Crippen LogP contribution is -2.28. The normalized spacial score (nSPS) is 25.7. The van der Waals surface area contributed by atoms with E-state index in [-0.39, 0.29) is 12.0 Å². The van der Waals surface area contributed by atoms with Crippen LogP contribution in [0.15, 0.2) is 35.6 Å². The maximum Gasteiger partial charge on any atom is 0.0879 e. The summed E-state index contributed by atoms with van der Waals surface area (Å²) < 4.78 is 0. The highest BCUT2D eigenvalue weighted by Crippen LogP contribution is 2.33. The van der Waals surface area contributed by atoms with Crippen LogP contribution in [0.25, 0.3) is 0 Å². The average Bonchev–Trinajstić information content (AvgIpc) is 2.70. The van der Waals surface area contributed by atoms with Crippen LogP contribution in [0, 0.1) is 23.7 Å². The van der Waals surface area contributed by atoms with Gasteiger partial charge in [0, 0.05) is 5.92 Å². The SMILES string of the molecule is C=C(O)C(C)CCC/C(C)=C/CCC(C)CCCC(C)(O)CCC1=CC(O)C(C)C(C)C1. The molecule has 1 rings (SSSR count). The largest absolute Gasteiger partial charge is 0.513 e. The molecule has 1 aliphatic carbocycles. The van der Waals surface area contributed by atoms with Gasteiger partial charge in [-0.25, -0.2) is 0 Å². The van der Waals surface area contributed by atoms with Crippen LogP contribution in [0.5, 0.6) is 0 Å². The number of allylic oxidation sites excluding steroid dienone is 4. The van der Waals surface area contributed by atoms with Gasteiger partial charge in [0.1, 0.15) is 0 Å². The molecule has 0 spiro atoms. The first-order valence-corrected chi connectivity index (χ1v) is 13.0. The predicted molar refractivity (Wildman–Crippen MR) is 138 cm³/mol. The van der Waals surface area contributed by atoms with E-state index < -0.39 is 5.60 Å². The monoisotopic (exact) mass is 448 g/mol. The summed E-state index contributed by atoms with van der Waals surface area (Å²) in [6.45, 7) is 16.5. The Morgan fingerprint density at radius 2 is 1.88 bits per heavy atom. The molecule has 3 N–H and O–H groups in total. The number of aliphatic hydroxyl groups is 3. The van der Waals surface area contributed by atoms with Gasteiger partial charge in [-0.2, -0.15) is 0 Å². The van der Waals surface area contributed by atoms with E-state index >= 15 is 0 Å². The first-order valence-electron chi connectivity index (χ1n) is 13.0. The molecule has 6 unspecified atom stereocenters. The molecule has 0 aromatic heterocycles. The van der Waals surface area contributed by atoms with Gasteiger partial charge in [0.2, 0.25) is 0 Å². The molecule has 6 atom stereocenters. The van der Waals surface area contributed by atoms with E-state index in [1.54, 1.807) is 0 Å². The van der Waals surface area contributed by atoms with E-state index in [9.17, 15) is 15.3 Å². The van der Waals surface area contributed by atoms with E-state index in [1.807, 2.05) is 19.9 Å². The lowest BCUT2D eigenvalue weighted by Gasteiger charge is -2.31. The Balaban J connectivity index is 2.22. The first-order chi connectivity index (χ1) is 14.9. The quantitative estimate of drug-likeness (QED) is 0.176. The minimum atomic E-state index is -0.620. The molecule has 0 bridgehead atoms. The zero-order valence-corrected chi connectivity index (χ0v) is 21.9. The van der Waals surface area contributed by atoms with Crippen molar-refractivity contribution in [3.8, 4) is 0 Å². The van der Waals surface area contributed by atoms with E-state index in [1.165, 1.54) is 17.6 Å². The maximum absolute atomic E-state index is 10.8. The van der Waals surface area contributed by atoms with Gasteiger partial charge >= 0.3 is 0 Å². The molecule has 0 saturated carbocycles. The van der Waals surface area contributed by atoms with Gasteiger partial charge in [0.15, 0.2) is 0 Å². The highest BCUT2D eigenvalue weighted by molar-refractivity contribution is 5.12. The molecule has 3 heteroatoms. The molecule has 0 saturated heterocycles. The Morgan fingerprint density at radius 3 is 2.50 bits per heavy atom. The smallest absolute Gasteiger partial charge is 0.0879 e. The van der Waals surface area contributed by atoms with Crippen molar-refractivity contribution in [2.75, 3.05) is 0 Å². The van der Waals surface area contributed by atoms with Crippen molar-refractivity contribution in [2.24, 2.45) is 23.7 Å². The second-order valence-corrected chi connectivity index (χ2v) is 11.3. The van der Waals surface area contributed by atoms with E-state index in [4.69, 9.17) is 0 Å². The zero-order valence-electron chi connectivity index (χ0n) is 21.9. The second-order valence-electron chi connectivity index (χ2n) is 11.3. The first kappa shape index (κ1) is 29.0. The summed E-state index contributed by atoms with van der Waals surface area (Å²) in [6, 6.07) is 0.